The highest BCUT2D eigenvalue weighted by Gasteiger charge is 2.17. The van der Waals surface area contributed by atoms with Crippen LogP contribution in [-0.4, -0.2) is 39.0 Å². The van der Waals surface area contributed by atoms with Crippen molar-refractivity contribution >= 4 is 0 Å². The summed E-state index contributed by atoms with van der Waals surface area (Å²) in [4.78, 5) is 2.04. The van der Waals surface area contributed by atoms with Crippen LogP contribution in [0.3, 0.4) is 0 Å². The molecule has 0 bridgehead atoms. The lowest BCUT2D eigenvalue weighted by atomic mass is 10.1. The predicted molar refractivity (Wildman–Crippen MR) is 110 cm³/mol. The van der Waals surface area contributed by atoms with Gasteiger partial charge in [0.25, 0.3) is 0 Å². The fourth-order valence-corrected chi connectivity index (χ4v) is 3.26. The van der Waals surface area contributed by atoms with Gasteiger partial charge < -0.3 is 9.15 Å². The van der Waals surface area contributed by atoms with E-state index in [1.54, 1.807) is 36.9 Å². The van der Waals surface area contributed by atoms with Gasteiger partial charge >= 0.3 is 0 Å². The minimum absolute atomic E-state index is 0.331. The van der Waals surface area contributed by atoms with Crippen LogP contribution in [0.15, 0.2) is 59.1 Å². The van der Waals surface area contributed by atoms with Crippen LogP contribution in [0.4, 0.5) is 4.39 Å². The SMILES string of the molecule is COc1ccc(-c2nn(-c3ccccc3F)cc2CN(C)Cc2nnc(C)o2)cc1. The Morgan fingerprint density at radius 2 is 1.83 bits per heavy atom. The largest absolute Gasteiger partial charge is 0.497 e. The highest BCUT2D eigenvalue weighted by atomic mass is 19.1. The molecule has 0 spiro atoms. The number of methoxy groups -OCH3 is 1. The van der Waals surface area contributed by atoms with Crippen LogP contribution in [0.2, 0.25) is 0 Å². The van der Waals surface area contributed by atoms with Crippen LogP contribution in [-0.2, 0) is 13.1 Å². The molecule has 0 aliphatic rings. The van der Waals surface area contributed by atoms with Gasteiger partial charge in [0.2, 0.25) is 11.8 Å². The van der Waals surface area contributed by atoms with Crippen molar-refractivity contribution in [3.05, 3.63) is 77.9 Å². The van der Waals surface area contributed by atoms with Crippen molar-refractivity contribution in [2.45, 2.75) is 20.0 Å². The standard InChI is InChI=1S/C22H22FN5O2/c1-15-24-25-21(30-15)14-27(2)12-17-13-28(20-7-5-4-6-19(20)23)26-22(17)16-8-10-18(29-3)11-9-16/h4-11,13H,12,14H2,1-3H3. The molecule has 2 aromatic carbocycles. The Hall–Kier alpha value is -3.52. The number of ether oxygens (including phenoxy) is 1. The number of rotatable bonds is 7. The number of hydrogen-bond acceptors (Lipinski definition) is 6. The smallest absolute Gasteiger partial charge is 0.230 e. The molecule has 4 aromatic rings. The summed E-state index contributed by atoms with van der Waals surface area (Å²) in [7, 11) is 3.58. The first kappa shape index (κ1) is 19.8. The topological polar surface area (TPSA) is 69.2 Å². The molecule has 0 fully saturated rings. The number of aromatic nitrogens is 4. The zero-order valence-corrected chi connectivity index (χ0v) is 17.0. The quantitative estimate of drug-likeness (QED) is 0.461. The maximum absolute atomic E-state index is 14.4. The van der Waals surface area contributed by atoms with Gasteiger partial charge in [-0.3, -0.25) is 4.90 Å². The molecule has 0 unspecified atom stereocenters. The van der Waals surface area contributed by atoms with Gasteiger partial charge in [-0.15, -0.1) is 10.2 Å². The number of halogens is 1. The third-order valence-electron chi connectivity index (χ3n) is 4.67. The Balaban J connectivity index is 1.68. The molecule has 30 heavy (non-hydrogen) atoms. The minimum atomic E-state index is -0.331. The number of hydrogen-bond donors (Lipinski definition) is 0. The molecule has 0 amide bonds. The second-order valence-corrected chi connectivity index (χ2v) is 7.01. The number of aryl methyl sites for hydroxylation is 1. The zero-order valence-electron chi connectivity index (χ0n) is 17.0. The lowest BCUT2D eigenvalue weighted by Crippen LogP contribution is -2.17. The molecule has 154 valence electrons. The predicted octanol–water partition coefficient (Wildman–Crippen LogP) is 4.01. The summed E-state index contributed by atoms with van der Waals surface area (Å²) in [6.07, 6.45) is 1.85. The van der Waals surface area contributed by atoms with E-state index in [1.165, 1.54) is 6.07 Å². The van der Waals surface area contributed by atoms with Gasteiger partial charge in [0, 0.05) is 30.8 Å². The molecule has 0 atom stereocenters. The highest BCUT2D eigenvalue weighted by molar-refractivity contribution is 5.64. The summed E-state index contributed by atoms with van der Waals surface area (Å²) in [6, 6.07) is 14.2. The average Bonchev–Trinajstić information content (AvgIpc) is 3.34. The van der Waals surface area contributed by atoms with Crippen LogP contribution >= 0.6 is 0 Å². The van der Waals surface area contributed by atoms with E-state index in [-0.39, 0.29) is 5.82 Å². The molecular formula is C22H22FN5O2. The third-order valence-corrected chi connectivity index (χ3v) is 4.67. The van der Waals surface area contributed by atoms with Crippen molar-refractivity contribution in [1.29, 1.82) is 0 Å². The highest BCUT2D eigenvalue weighted by Crippen LogP contribution is 2.27. The molecule has 8 heteroatoms. The van der Waals surface area contributed by atoms with Crippen molar-refractivity contribution in [1.82, 2.24) is 24.9 Å². The first-order valence-electron chi connectivity index (χ1n) is 9.49. The molecule has 4 rings (SSSR count). The van der Waals surface area contributed by atoms with Crippen LogP contribution < -0.4 is 4.74 Å². The van der Waals surface area contributed by atoms with Crippen LogP contribution in [0.1, 0.15) is 17.3 Å². The third kappa shape index (κ3) is 4.23. The first-order chi connectivity index (χ1) is 14.5. The Morgan fingerprint density at radius 1 is 1.07 bits per heavy atom. The van der Waals surface area contributed by atoms with Crippen molar-refractivity contribution in [3.63, 3.8) is 0 Å². The van der Waals surface area contributed by atoms with E-state index in [4.69, 9.17) is 9.15 Å². The second kappa shape index (κ2) is 8.46. The lowest BCUT2D eigenvalue weighted by Gasteiger charge is -2.14. The summed E-state index contributed by atoms with van der Waals surface area (Å²) in [5, 5.41) is 12.6. The van der Waals surface area contributed by atoms with E-state index in [9.17, 15) is 4.39 Å². The van der Waals surface area contributed by atoms with Gasteiger partial charge in [0.05, 0.1) is 19.3 Å². The first-order valence-corrected chi connectivity index (χ1v) is 9.49. The molecule has 2 heterocycles. The van der Waals surface area contributed by atoms with Gasteiger partial charge in [0.1, 0.15) is 17.3 Å². The number of nitrogens with zero attached hydrogens (tertiary/aromatic N) is 5. The number of benzene rings is 2. The van der Waals surface area contributed by atoms with E-state index in [2.05, 4.69) is 15.3 Å². The average molecular weight is 407 g/mol. The molecule has 0 saturated carbocycles. The van der Waals surface area contributed by atoms with Crippen LogP contribution in [0, 0.1) is 12.7 Å². The Bertz CT molecular complexity index is 1140. The summed E-state index contributed by atoms with van der Waals surface area (Å²) in [5.74, 6) is 1.51. The summed E-state index contributed by atoms with van der Waals surface area (Å²) < 4.78 is 26.7. The minimum Gasteiger partial charge on any atom is -0.497 e. The molecule has 2 aromatic heterocycles. The van der Waals surface area contributed by atoms with E-state index in [0.717, 1.165) is 22.6 Å². The Labute approximate surface area is 173 Å². The second-order valence-electron chi connectivity index (χ2n) is 7.01. The van der Waals surface area contributed by atoms with Gasteiger partial charge in [-0.25, -0.2) is 9.07 Å². The van der Waals surface area contributed by atoms with Gasteiger partial charge in [-0.2, -0.15) is 5.10 Å². The molecule has 0 radical (unpaired) electrons. The van der Waals surface area contributed by atoms with Crippen LogP contribution in [0.5, 0.6) is 5.75 Å². The molecule has 7 nitrogen and oxygen atoms in total. The normalized spacial score (nSPS) is 11.2. The lowest BCUT2D eigenvalue weighted by molar-refractivity contribution is 0.279. The summed E-state index contributed by atoms with van der Waals surface area (Å²) in [5.41, 5.74) is 3.04. The van der Waals surface area contributed by atoms with Crippen LogP contribution in [0.25, 0.3) is 16.9 Å². The number of para-hydroxylation sites is 1. The monoisotopic (exact) mass is 407 g/mol. The van der Waals surface area contributed by atoms with E-state index < -0.39 is 0 Å². The van der Waals surface area contributed by atoms with E-state index in [1.807, 2.05) is 42.4 Å². The van der Waals surface area contributed by atoms with Gasteiger partial charge in [0.15, 0.2) is 0 Å². The fourth-order valence-electron chi connectivity index (χ4n) is 3.26. The van der Waals surface area contributed by atoms with Crippen molar-refractivity contribution in [2.24, 2.45) is 0 Å². The van der Waals surface area contributed by atoms with E-state index in [0.29, 0.717) is 30.6 Å². The Kier molecular flexibility index (Phi) is 5.58. The zero-order chi connectivity index (χ0) is 21.1. The molecule has 0 aliphatic carbocycles. The van der Waals surface area contributed by atoms with Gasteiger partial charge in [-0.05, 0) is 43.4 Å². The Morgan fingerprint density at radius 3 is 2.50 bits per heavy atom. The van der Waals surface area contributed by atoms with Crippen molar-refractivity contribution in [3.8, 4) is 22.7 Å². The van der Waals surface area contributed by atoms with Gasteiger partial charge in [-0.1, -0.05) is 12.1 Å². The van der Waals surface area contributed by atoms with E-state index >= 15 is 0 Å². The maximum Gasteiger partial charge on any atom is 0.230 e. The fraction of sp³-hybridized carbons (Fsp3) is 0.227. The summed E-state index contributed by atoms with van der Waals surface area (Å²) in [6.45, 7) is 2.82. The molecular weight excluding hydrogens is 385 g/mol. The molecule has 0 aliphatic heterocycles. The van der Waals surface area contributed by atoms with Crippen molar-refractivity contribution < 1.29 is 13.5 Å². The maximum atomic E-state index is 14.4. The van der Waals surface area contributed by atoms with Crippen molar-refractivity contribution in [2.75, 3.05) is 14.2 Å². The summed E-state index contributed by atoms with van der Waals surface area (Å²) >= 11 is 0. The molecule has 0 N–H and O–H groups in total. The molecule has 0 saturated heterocycles.